The van der Waals surface area contributed by atoms with Crippen LogP contribution in [0.15, 0.2) is 171 Å². The highest BCUT2D eigenvalue weighted by Gasteiger charge is 2.45. The second-order valence-corrected chi connectivity index (χ2v) is 23.4. The third kappa shape index (κ3) is 9.50. The fourth-order valence-corrected chi connectivity index (χ4v) is 14.6. The highest BCUT2D eigenvalue weighted by Crippen LogP contribution is 2.54. The van der Waals surface area contributed by atoms with Crippen molar-refractivity contribution in [3.05, 3.63) is 174 Å². The summed E-state index contributed by atoms with van der Waals surface area (Å²) in [6.45, 7) is 0. The molecule has 0 atom stereocenters. The second kappa shape index (κ2) is 20.1. The summed E-state index contributed by atoms with van der Waals surface area (Å²) in [4.78, 5) is 49.1. The van der Waals surface area contributed by atoms with Crippen LogP contribution in [0.4, 0.5) is 39.8 Å². The Morgan fingerprint density at radius 2 is 0.695 bits per heavy atom. The molecule has 82 heavy (non-hydrogen) atoms. The lowest BCUT2D eigenvalue weighted by Gasteiger charge is -2.34. The molecule has 0 unspecified atom stereocenters. The number of hydrogen-bond acceptors (Lipinski definition) is 16. The molecule has 0 aliphatic carbocycles. The van der Waals surface area contributed by atoms with Crippen molar-refractivity contribution < 1.29 is 91.5 Å². The highest BCUT2D eigenvalue weighted by atomic mass is 32.2. The summed E-state index contributed by atoms with van der Waals surface area (Å²) in [6.07, 6.45) is 0. The predicted molar refractivity (Wildman–Crippen MR) is 299 cm³/mol. The molecule has 416 valence electrons. The van der Waals surface area contributed by atoms with E-state index in [4.69, 9.17) is 0 Å². The first kappa shape index (κ1) is 55.5. The molecular formula is C54H36N4O20S4. The quantitative estimate of drug-likeness (QED) is 0.0316. The van der Waals surface area contributed by atoms with Crippen molar-refractivity contribution in [2.24, 2.45) is 0 Å². The molecule has 0 bridgehead atoms. The number of carbonyl (C=O) groups is 4. The summed E-state index contributed by atoms with van der Waals surface area (Å²) >= 11 is 0. The molecule has 0 aliphatic heterocycles. The average Bonchev–Trinajstić information content (AvgIpc) is 1.83. The highest BCUT2D eigenvalue weighted by molar-refractivity contribution is 7.91. The predicted octanol–water partition coefficient (Wildman–Crippen LogP) is 9.88. The lowest BCUT2D eigenvalue weighted by atomic mass is 9.87. The number of hydrazine groups is 1. The van der Waals surface area contributed by atoms with Crippen LogP contribution in [0.2, 0.25) is 0 Å². The van der Waals surface area contributed by atoms with Crippen LogP contribution in [0.5, 0.6) is 0 Å². The standard InChI is InChI=1S/C54H36N4O20S4/c59-51(60)39-37-38(43(55-34-23-9-15-26-12-1-4-18-29(26)34)42(54(65)66)44(39)56-35-24-10-16-27-13-2-5-19-30(27)35)41(53(63)64)48(80(70,71)72)46(40(37)52(61)62)58(57-36-25-11-17-28-14-3-6-20-31(28)36)45-32-21-7-8-22-33(32)47(79(67,68)69)50(82(76,77)78)49(45)81(73,74)75/h1-25,55-57H,(H,59,60)(H,61,62)(H,63,64)(H,65,66)(H,67,68,69)(H,70,71,72)(H,73,74,75)(H,76,77,78). The smallest absolute Gasteiger partial charge is 0.340 e. The van der Waals surface area contributed by atoms with Crippen molar-refractivity contribution in [3.63, 3.8) is 0 Å². The van der Waals surface area contributed by atoms with Crippen molar-refractivity contribution in [1.82, 2.24) is 0 Å². The summed E-state index contributed by atoms with van der Waals surface area (Å²) in [5.74, 6) is -9.34. The third-order valence-corrected chi connectivity index (χ3v) is 17.1. The number of hydrogen-bond donors (Lipinski definition) is 11. The van der Waals surface area contributed by atoms with E-state index in [9.17, 15) is 91.5 Å². The van der Waals surface area contributed by atoms with Crippen LogP contribution >= 0.6 is 0 Å². The van der Waals surface area contributed by atoms with Gasteiger partial charge in [-0.3, -0.25) is 28.6 Å². The van der Waals surface area contributed by atoms with E-state index in [1.807, 2.05) is 0 Å². The Morgan fingerprint density at radius 1 is 0.329 bits per heavy atom. The molecule has 0 amide bonds. The molecule has 0 aromatic heterocycles. The summed E-state index contributed by atoms with van der Waals surface area (Å²) in [6, 6.07) is 34.6. The van der Waals surface area contributed by atoms with Gasteiger partial charge in [0.25, 0.3) is 40.5 Å². The molecule has 0 fully saturated rings. The van der Waals surface area contributed by atoms with Crippen LogP contribution in [0.3, 0.4) is 0 Å². The van der Waals surface area contributed by atoms with Gasteiger partial charge >= 0.3 is 23.9 Å². The van der Waals surface area contributed by atoms with E-state index >= 15 is 0 Å². The SMILES string of the molecule is O=C(O)c1c(Nc2cccc3ccccc23)c(C(=O)O)c2c(C(=O)O)c(N(Nc3cccc4ccccc34)c3c(S(=O)(=O)O)c(S(=O)(=O)O)c(S(=O)(=O)O)c4ccccc34)c(S(=O)(=O)O)c(C(=O)O)c2c1Nc1cccc2ccccc12. The summed E-state index contributed by atoms with van der Waals surface area (Å²) in [7, 11) is -25.7. The Labute approximate surface area is 461 Å². The van der Waals surface area contributed by atoms with E-state index in [2.05, 4.69) is 16.1 Å². The minimum Gasteiger partial charge on any atom is -0.478 e. The Kier molecular flexibility index (Phi) is 13.6. The molecule has 10 aromatic carbocycles. The molecule has 24 nitrogen and oxygen atoms in total. The minimum absolute atomic E-state index is 0.0273. The number of aromatic carboxylic acids is 4. The molecule has 10 aromatic rings. The number of rotatable bonds is 16. The maximum Gasteiger partial charge on any atom is 0.340 e. The molecule has 0 radical (unpaired) electrons. The van der Waals surface area contributed by atoms with Gasteiger partial charge in [-0.15, -0.1) is 0 Å². The number of carboxylic acid groups (broad SMARTS) is 4. The molecule has 10 rings (SSSR count). The summed E-state index contributed by atoms with van der Waals surface area (Å²) < 4.78 is 156. The van der Waals surface area contributed by atoms with Gasteiger partial charge in [-0.05, 0) is 34.4 Å². The first-order valence-corrected chi connectivity index (χ1v) is 29.1. The van der Waals surface area contributed by atoms with Gasteiger partial charge in [0.1, 0.15) is 30.8 Å². The Morgan fingerprint density at radius 3 is 1.12 bits per heavy atom. The molecule has 28 heteroatoms. The number of benzene rings is 10. The van der Waals surface area contributed by atoms with Crippen LogP contribution in [0, 0.1) is 0 Å². The second-order valence-electron chi connectivity index (χ2n) is 18.0. The fourth-order valence-electron chi connectivity index (χ4n) is 10.2. The van der Waals surface area contributed by atoms with Gasteiger partial charge in [0.15, 0.2) is 0 Å². The minimum atomic E-state index is -6.57. The van der Waals surface area contributed by atoms with Crippen molar-refractivity contribution in [1.29, 1.82) is 0 Å². The third-order valence-electron chi connectivity index (χ3n) is 13.2. The Hall–Kier alpha value is -9.78. The maximum absolute atomic E-state index is 14.8. The van der Waals surface area contributed by atoms with Gasteiger partial charge in [0, 0.05) is 49.1 Å². The van der Waals surface area contributed by atoms with E-state index in [-0.39, 0.29) is 37.9 Å². The zero-order valence-corrected chi connectivity index (χ0v) is 44.3. The first-order valence-electron chi connectivity index (χ1n) is 23.3. The largest absolute Gasteiger partial charge is 0.478 e. The first-order chi connectivity index (χ1) is 38.6. The van der Waals surface area contributed by atoms with Crippen molar-refractivity contribution in [2.45, 2.75) is 19.6 Å². The number of fused-ring (bicyclic) bond motifs is 5. The van der Waals surface area contributed by atoms with E-state index in [0.717, 1.165) is 24.3 Å². The Bertz CT molecular complexity index is 4980. The molecular weight excluding hydrogens is 1150 g/mol. The Balaban J connectivity index is 1.56. The zero-order valence-electron chi connectivity index (χ0n) is 41.0. The fraction of sp³-hybridized carbons (Fsp3) is 0. The average molecular weight is 1190 g/mol. The van der Waals surface area contributed by atoms with Crippen LogP contribution in [0.1, 0.15) is 41.4 Å². The van der Waals surface area contributed by atoms with Crippen LogP contribution in [-0.2, 0) is 40.5 Å². The van der Waals surface area contributed by atoms with E-state index in [1.165, 1.54) is 78.9 Å². The van der Waals surface area contributed by atoms with Crippen LogP contribution < -0.4 is 21.1 Å². The van der Waals surface area contributed by atoms with Gasteiger partial charge in [-0.2, -0.15) is 33.7 Å². The lowest BCUT2D eigenvalue weighted by Crippen LogP contribution is -2.32. The summed E-state index contributed by atoms with van der Waals surface area (Å²) in [5, 5.41) is 48.9. The topological polar surface area (TPSA) is 406 Å². The molecule has 0 saturated heterocycles. The molecule has 0 aliphatic rings. The maximum atomic E-state index is 14.8. The van der Waals surface area contributed by atoms with Crippen molar-refractivity contribution in [2.75, 3.05) is 21.1 Å². The molecule has 0 spiro atoms. The van der Waals surface area contributed by atoms with E-state index < -0.39 is 156 Å². The van der Waals surface area contributed by atoms with Crippen molar-refractivity contribution in [3.8, 4) is 0 Å². The number of nitrogens with zero attached hydrogens (tertiary/aromatic N) is 1. The number of carboxylic acids is 4. The monoisotopic (exact) mass is 1190 g/mol. The van der Waals surface area contributed by atoms with E-state index in [1.54, 1.807) is 42.5 Å². The molecule has 0 heterocycles. The lowest BCUT2D eigenvalue weighted by molar-refractivity contribution is 0.0678. The van der Waals surface area contributed by atoms with Gasteiger partial charge < -0.3 is 31.1 Å². The van der Waals surface area contributed by atoms with Crippen LogP contribution in [0.25, 0.3) is 53.9 Å². The van der Waals surface area contributed by atoms with E-state index in [0.29, 0.717) is 16.8 Å². The van der Waals surface area contributed by atoms with Gasteiger partial charge in [-0.25, -0.2) is 19.2 Å². The normalized spacial score (nSPS) is 12.2. The van der Waals surface area contributed by atoms with Gasteiger partial charge in [0.05, 0.1) is 39.4 Å². The number of nitrogens with one attached hydrogen (secondary N) is 3. The zero-order chi connectivity index (χ0) is 59.1. The van der Waals surface area contributed by atoms with Crippen molar-refractivity contribution >= 4 is 158 Å². The van der Waals surface area contributed by atoms with Crippen LogP contribution in [-0.4, -0.2) is 96.2 Å². The number of anilines is 7. The van der Waals surface area contributed by atoms with Gasteiger partial charge in [-0.1, -0.05) is 133 Å². The van der Waals surface area contributed by atoms with Gasteiger partial charge in [0.2, 0.25) is 0 Å². The molecule has 0 saturated carbocycles. The summed E-state index contributed by atoms with van der Waals surface area (Å²) in [5.41, 5.74) is -9.89. The molecule has 11 N–H and O–H groups in total.